The second-order valence-electron chi connectivity index (χ2n) is 5.40. The minimum absolute atomic E-state index is 0.0987. The fourth-order valence-corrected chi connectivity index (χ4v) is 3.12. The molecule has 1 aliphatic rings. The first-order valence-electron chi connectivity index (χ1n) is 7.51. The van der Waals surface area contributed by atoms with Gasteiger partial charge in [-0.1, -0.05) is 25.3 Å². The Kier molecular flexibility index (Phi) is 5.20. The first-order valence-corrected chi connectivity index (χ1v) is 7.51. The summed E-state index contributed by atoms with van der Waals surface area (Å²) in [5, 5.41) is 0. The summed E-state index contributed by atoms with van der Waals surface area (Å²) in [6.45, 7) is 3.55. The smallest absolute Gasteiger partial charge is 0.146 e. The SMILES string of the molecule is CCN(c1ccc(CCN)cc1F)C1CCCCC1. The third-order valence-corrected chi connectivity index (χ3v) is 4.11. The molecule has 1 aromatic rings. The van der Waals surface area contributed by atoms with Crippen molar-refractivity contribution in [2.24, 2.45) is 5.73 Å². The van der Waals surface area contributed by atoms with Crippen molar-refractivity contribution in [2.45, 2.75) is 51.5 Å². The van der Waals surface area contributed by atoms with Crippen molar-refractivity contribution in [3.8, 4) is 0 Å². The first-order chi connectivity index (χ1) is 9.26. The van der Waals surface area contributed by atoms with Crippen LogP contribution in [0.2, 0.25) is 0 Å². The van der Waals surface area contributed by atoms with Crippen LogP contribution < -0.4 is 10.6 Å². The number of halogens is 1. The summed E-state index contributed by atoms with van der Waals surface area (Å²) in [5.41, 5.74) is 7.27. The van der Waals surface area contributed by atoms with Crippen LogP contribution in [0.4, 0.5) is 10.1 Å². The molecule has 2 nitrogen and oxygen atoms in total. The summed E-state index contributed by atoms with van der Waals surface area (Å²) in [6, 6.07) is 6.09. The Morgan fingerprint density at radius 3 is 2.58 bits per heavy atom. The standard InChI is InChI=1S/C16H25FN2/c1-2-19(14-6-4-3-5-7-14)16-9-8-13(10-11-18)12-15(16)17/h8-9,12,14H,2-7,10-11,18H2,1H3. The van der Waals surface area contributed by atoms with Crippen LogP contribution in [-0.4, -0.2) is 19.1 Å². The van der Waals surface area contributed by atoms with Crippen LogP contribution in [0.1, 0.15) is 44.6 Å². The molecule has 0 amide bonds. The minimum Gasteiger partial charge on any atom is -0.366 e. The van der Waals surface area contributed by atoms with Gasteiger partial charge in [-0.05, 0) is 50.4 Å². The Morgan fingerprint density at radius 2 is 2.00 bits per heavy atom. The molecule has 106 valence electrons. The molecule has 0 aromatic heterocycles. The van der Waals surface area contributed by atoms with Gasteiger partial charge in [-0.2, -0.15) is 0 Å². The van der Waals surface area contributed by atoms with Gasteiger partial charge in [-0.3, -0.25) is 0 Å². The fraction of sp³-hybridized carbons (Fsp3) is 0.625. The van der Waals surface area contributed by atoms with Crippen molar-refractivity contribution in [3.63, 3.8) is 0 Å². The second-order valence-corrected chi connectivity index (χ2v) is 5.40. The lowest BCUT2D eigenvalue weighted by molar-refractivity contribution is 0.414. The predicted molar refractivity (Wildman–Crippen MR) is 79.1 cm³/mol. The Morgan fingerprint density at radius 1 is 1.26 bits per heavy atom. The van der Waals surface area contributed by atoms with E-state index in [9.17, 15) is 4.39 Å². The quantitative estimate of drug-likeness (QED) is 0.882. The van der Waals surface area contributed by atoms with Crippen LogP contribution in [0, 0.1) is 5.82 Å². The van der Waals surface area contributed by atoms with Crippen LogP contribution in [0.3, 0.4) is 0 Å². The Hall–Kier alpha value is -1.09. The van der Waals surface area contributed by atoms with Gasteiger partial charge in [0.25, 0.3) is 0 Å². The van der Waals surface area contributed by atoms with E-state index in [0.717, 1.165) is 24.2 Å². The molecule has 0 heterocycles. The lowest BCUT2D eigenvalue weighted by Crippen LogP contribution is -2.37. The molecule has 1 aromatic carbocycles. The monoisotopic (exact) mass is 264 g/mol. The topological polar surface area (TPSA) is 29.3 Å². The molecule has 1 aliphatic carbocycles. The maximum atomic E-state index is 14.3. The van der Waals surface area contributed by atoms with Crippen LogP contribution >= 0.6 is 0 Å². The summed E-state index contributed by atoms with van der Waals surface area (Å²) in [4.78, 5) is 2.24. The third kappa shape index (κ3) is 3.47. The van der Waals surface area contributed by atoms with Gasteiger partial charge in [0.2, 0.25) is 0 Å². The third-order valence-electron chi connectivity index (χ3n) is 4.11. The second kappa shape index (κ2) is 6.90. The number of hydrogen-bond donors (Lipinski definition) is 1. The number of nitrogens with zero attached hydrogens (tertiary/aromatic N) is 1. The molecule has 0 saturated heterocycles. The van der Waals surface area contributed by atoms with Crippen molar-refractivity contribution in [3.05, 3.63) is 29.6 Å². The molecule has 2 N–H and O–H groups in total. The molecular formula is C16H25FN2. The van der Waals surface area contributed by atoms with E-state index in [2.05, 4.69) is 11.8 Å². The van der Waals surface area contributed by atoms with E-state index in [-0.39, 0.29) is 5.82 Å². The van der Waals surface area contributed by atoms with E-state index in [0.29, 0.717) is 12.6 Å². The number of benzene rings is 1. The highest BCUT2D eigenvalue weighted by molar-refractivity contribution is 5.50. The molecule has 0 bridgehead atoms. The van der Waals surface area contributed by atoms with Gasteiger partial charge in [-0.15, -0.1) is 0 Å². The lowest BCUT2D eigenvalue weighted by Gasteiger charge is -2.35. The largest absolute Gasteiger partial charge is 0.366 e. The van der Waals surface area contributed by atoms with E-state index < -0.39 is 0 Å². The summed E-state index contributed by atoms with van der Waals surface area (Å²) >= 11 is 0. The van der Waals surface area contributed by atoms with Gasteiger partial charge in [0.05, 0.1) is 5.69 Å². The molecule has 0 spiro atoms. The first kappa shape index (κ1) is 14.3. The zero-order valence-electron chi connectivity index (χ0n) is 11.9. The molecule has 2 rings (SSSR count). The highest BCUT2D eigenvalue weighted by Crippen LogP contribution is 2.29. The van der Waals surface area contributed by atoms with Crippen molar-refractivity contribution >= 4 is 5.69 Å². The number of rotatable bonds is 5. The molecule has 3 heteroatoms. The average Bonchev–Trinajstić information content (AvgIpc) is 2.43. The highest BCUT2D eigenvalue weighted by atomic mass is 19.1. The molecule has 0 atom stereocenters. The highest BCUT2D eigenvalue weighted by Gasteiger charge is 2.22. The molecular weight excluding hydrogens is 239 g/mol. The zero-order valence-corrected chi connectivity index (χ0v) is 11.9. The Balaban J connectivity index is 2.17. The molecule has 1 fully saturated rings. The maximum absolute atomic E-state index is 14.3. The summed E-state index contributed by atoms with van der Waals surface area (Å²) in [5.74, 6) is -0.0987. The summed E-state index contributed by atoms with van der Waals surface area (Å²) < 4.78 is 14.3. The van der Waals surface area contributed by atoms with Gasteiger partial charge in [0.15, 0.2) is 0 Å². The number of anilines is 1. The van der Waals surface area contributed by atoms with E-state index in [4.69, 9.17) is 5.73 Å². The van der Waals surface area contributed by atoms with E-state index in [1.807, 2.05) is 12.1 Å². The van der Waals surface area contributed by atoms with Crippen LogP contribution in [-0.2, 0) is 6.42 Å². The van der Waals surface area contributed by atoms with Crippen molar-refractivity contribution in [1.82, 2.24) is 0 Å². The zero-order chi connectivity index (χ0) is 13.7. The Labute approximate surface area is 115 Å². The molecule has 0 radical (unpaired) electrons. The van der Waals surface area contributed by atoms with Crippen LogP contribution in [0.5, 0.6) is 0 Å². The van der Waals surface area contributed by atoms with Crippen molar-refractivity contribution in [1.29, 1.82) is 0 Å². The molecule has 19 heavy (non-hydrogen) atoms. The van der Waals surface area contributed by atoms with E-state index in [1.54, 1.807) is 6.07 Å². The normalized spacial score (nSPS) is 16.6. The molecule has 0 aliphatic heterocycles. The van der Waals surface area contributed by atoms with Gasteiger partial charge in [-0.25, -0.2) is 4.39 Å². The number of hydrogen-bond acceptors (Lipinski definition) is 2. The predicted octanol–water partition coefficient (Wildman–Crippen LogP) is 3.49. The lowest BCUT2D eigenvalue weighted by atomic mass is 9.93. The minimum atomic E-state index is -0.0987. The maximum Gasteiger partial charge on any atom is 0.146 e. The summed E-state index contributed by atoms with van der Waals surface area (Å²) in [7, 11) is 0. The van der Waals surface area contributed by atoms with Crippen LogP contribution in [0.25, 0.3) is 0 Å². The van der Waals surface area contributed by atoms with Gasteiger partial charge >= 0.3 is 0 Å². The van der Waals surface area contributed by atoms with Crippen molar-refractivity contribution < 1.29 is 4.39 Å². The van der Waals surface area contributed by atoms with E-state index >= 15 is 0 Å². The molecule has 0 unspecified atom stereocenters. The van der Waals surface area contributed by atoms with Gasteiger partial charge < -0.3 is 10.6 Å². The fourth-order valence-electron chi connectivity index (χ4n) is 3.12. The Bertz CT molecular complexity index is 400. The van der Waals surface area contributed by atoms with Crippen LogP contribution in [0.15, 0.2) is 18.2 Å². The van der Waals surface area contributed by atoms with Crippen molar-refractivity contribution in [2.75, 3.05) is 18.0 Å². The summed E-state index contributed by atoms with van der Waals surface area (Å²) in [6.07, 6.45) is 7.00. The van der Waals surface area contributed by atoms with Gasteiger partial charge in [0.1, 0.15) is 5.82 Å². The average molecular weight is 264 g/mol. The van der Waals surface area contributed by atoms with E-state index in [1.165, 1.54) is 32.1 Å². The van der Waals surface area contributed by atoms with Gasteiger partial charge in [0, 0.05) is 12.6 Å². The number of nitrogens with two attached hydrogens (primary N) is 1. The molecule has 1 saturated carbocycles.